The molecule has 88 valence electrons. The molecule has 1 heterocycles. The van der Waals surface area contributed by atoms with Gasteiger partial charge in [-0.25, -0.2) is 4.72 Å². The van der Waals surface area contributed by atoms with Gasteiger partial charge in [-0.05, 0) is 5.92 Å². The molecule has 15 heavy (non-hydrogen) atoms. The van der Waals surface area contributed by atoms with E-state index in [-0.39, 0.29) is 17.9 Å². The van der Waals surface area contributed by atoms with Gasteiger partial charge in [0.15, 0.2) is 0 Å². The summed E-state index contributed by atoms with van der Waals surface area (Å²) in [7, 11) is -3.59. The first kappa shape index (κ1) is 12.4. The van der Waals surface area contributed by atoms with E-state index in [1.54, 1.807) is 13.8 Å². The molecule has 0 aliphatic carbocycles. The first-order valence-corrected chi connectivity index (χ1v) is 6.53. The lowest BCUT2D eigenvalue weighted by molar-refractivity contribution is -0.122. The van der Waals surface area contributed by atoms with Gasteiger partial charge in [0.05, 0.1) is 0 Å². The zero-order valence-corrected chi connectivity index (χ0v) is 10.3. The Labute approximate surface area is 91.0 Å². The molecular formula is C9H18N2O3S. The van der Waals surface area contributed by atoms with Crippen LogP contribution in [0.25, 0.3) is 0 Å². The number of carbonyl (C=O) groups excluding carboxylic acids is 1. The lowest BCUT2D eigenvalue weighted by Crippen LogP contribution is -2.38. The maximum Gasteiger partial charge on any atom is 0.304 e. The molecule has 1 fully saturated rings. The summed E-state index contributed by atoms with van der Waals surface area (Å²) in [6.45, 7) is 7.76. The Morgan fingerprint density at radius 2 is 1.87 bits per heavy atom. The monoisotopic (exact) mass is 234 g/mol. The summed E-state index contributed by atoms with van der Waals surface area (Å²) in [5, 5.41) is 0. The molecule has 0 aromatic carbocycles. The van der Waals surface area contributed by atoms with Crippen LogP contribution in [0, 0.1) is 11.8 Å². The normalized spacial score (nSPS) is 25.7. The molecule has 6 heteroatoms. The molecule has 5 nitrogen and oxygen atoms in total. The van der Waals surface area contributed by atoms with Crippen molar-refractivity contribution in [1.82, 2.24) is 9.03 Å². The SMILES string of the molecule is CC(C)C(=O)NS(=O)(=O)N1C[C@@H]1C(C)C. The van der Waals surface area contributed by atoms with E-state index in [2.05, 4.69) is 4.72 Å². The third-order valence-electron chi connectivity index (χ3n) is 2.44. The van der Waals surface area contributed by atoms with E-state index in [9.17, 15) is 13.2 Å². The fourth-order valence-electron chi connectivity index (χ4n) is 1.26. The zero-order valence-electron chi connectivity index (χ0n) is 9.52. The van der Waals surface area contributed by atoms with Crippen LogP contribution in [0.4, 0.5) is 0 Å². The van der Waals surface area contributed by atoms with Crippen molar-refractivity contribution in [2.75, 3.05) is 6.54 Å². The minimum atomic E-state index is -3.59. The van der Waals surface area contributed by atoms with Gasteiger partial charge in [-0.15, -0.1) is 0 Å². The molecule has 1 rings (SSSR count). The lowest BCUT2D eigenvalue weighted by atomic mass is 10.1. The predicted octanol–water partition coefficient (Wildman–Crippen LogP) is 0.344. The smallest absolute Gasteiger partial charge is 0.274 e. The van der Waals surface area contributed by atoms with Gasteiger partial charge < -0.3 is 0 Å². The lowest BCUT2D eigenvalue weighted by Gasteiger charge is -2.10. The fraction of sp³-hybridized carbons (Fsp3) is 0.889. The maximum absolute atomic E-state index is 11.6. The molecule has 0 saturated carbocycles. The summed E-state index contributed by atoms with van der Waals surface area (Å²) < 4.78 is 26.6. The number of amides is 1. The van der Waals surface area contributed by atoms with E-state index in [1.807, 2.05) is 13.8 Å². The Hall–Kier alpha value is -0.620. The topological polar surface area (TPSA) is 66.2 Å². The van der Waals surface area contributed by atoms with Gasteiger partial charge in [-0.1, -0.05) is 27.7 Å². The zero-order chi connectivity index (χ0) is 11.8. The highest BCUT2D eigenvalue weighted by atomic mass is 32.2. The van der Waals surface area contributed by atoms with E-state index in [4.69, 9.17) is 0 Å². The molecule has 1 aliphatic rings. The number of hydrogen-bond donors (Lipinski definition) is 1. The van der Waals surface area contributed by atoms with Crippen molar-refractivity contribution in [2.24, 2.45) is 11.8 Å². The van der Waals surface area contributed by atoms with E-state index in [1.165, 1.54) is 4.31 Å². The number of hydrogen-bond acceptors (Lipinski definition) is 3. The van der Waals surface area contributed by atoms with Crippen LogP contribution in [-0.4, -0.2) is 31.2 Å². The molecule has 1 N–H and O–H groups in total. The molecule has 1 saturated heterocycles. The quantitative estimate of drug-likeness (QED) is 0.713. The highest BCUT2D eigenvalue weighted by Crippen LogP contribution is 2.27. The molecule has 0 bridgehead atoms. The van der Waals surface area contributed by atoms with Gasteiger partial charge in [0.1, 0.15) is 0 Å². The Kier molecular flexibility index (Phi) is 3.40. The Morgan fingerprint density at radius 3 is 2.20 bits per heavy atom. The number of nitrogens with zero attached hydrogens (tertiary/aromatic N) is 1. The minimum Gasteiger partial charge on any atom is -0.274 e. The predicted molar refractivity (Wildman–Crippen MR) is 57.2 cm³/mol. The molecule has 1 amide bonds. The van der Waals surface area contributed by atoms with Gasteiger partial charge in [0.25, 0.3) is 0 Å². The molecule has 1 aliphatic heterocycles. The van der Waals surface area contributed by atoms with Crippen LogP contribution >= 0.6 is 0 Å². The molecule has 0 spiro atoms. The fourth-order valence-corrected chi connectivity index (χ4v) is 2.82. The first-order chi connectivity index (χ1) is 6.75. The van der Waals surface area contributed by atoms with Crippen LogP contribution in [0.1, 0.15) is 27.7 Å². The van der Waals surface area contributed by atoms with Gasteiger partial charge >= 0.3 is 10.2 Å². The first-order valence-electron chi connectivity index (χ1n) is 5.09. The Morgan fingerprint density at radius 1 is 1.33 bits per heavy atom. The molecule has 2 atom stereocenters. The Bertz CT molecular complexity index is 348. The molecule has 0 aromatic heterocycles. The highest BCUT2D eigenvalue weighted by Gasteiger charge is 2.46. The van der Waals surface area contributed by atoms with E-state index in [0.29, 0.717) is 6.54 Å². The van der Waals surface area contributed by atoms with Crippen molar-refractivity contribution in [3.63, 3.8) is 0 Å². The highest BCUT2D eigenvalue weighted by molar-refractivity contribution is 7.88. The summed E-state index contributed by atoms with van der Waals surface area (Å²) in [6.07, 6.45) is 0. The third kappa shape index (κ3) is 2.92. The second-order valence-corrected chi connectivity index (χ2v) is 6.13. The summed E-state index contributed by atoms with van der Waals surface area (Å²) in [4.78, 5) is 11.3. The largest absolute Gasteiger partial charge is 0.304 e. The number of carbonyl (C=O) groups is 1. The van der Waals surface area contributed by atoms with Gasteiger partial charge in [0.2, 0.25) is 5.91 Å². The van der Waals surface area contributed by atoms with Crippen LogP contribution in [-0.2, 0) is 15.0 Å². The van der Waals surface area contributed by atoms with Crippen molar-refractivity contribution < 1.29 is 13.2 Å². The Balaban J connectivity index is 2.59. The van der Waals surface area contributed by atoms with Crippen LogP contribution in [0.15, 0.2) is 0 Å². The van der Waals surface area contributed by atoms with Crippen molar-refractivity contribution >= 4 is 16.1 Å². The van der Waals surface area contributed by atoms with E-state index < -0.39 is 16.1 Å². The second-order valence-electron chi connectivity index (χ2n) is 4.51. The van der Waals surface area contributed by atoms with Gasteiger partial charge in [0, 0.05) is 18.5 Å². The van der Waals surface area contributed by atoms with Crippen LogP contribution in [0.3, 0.4) is 0 Å². The summed E-state index contributed by atoms with van der Waals surface area (Å²) >= 11 is 0. The third-order valence-corrected chi connectivity index (χ3v) is 3.93. The second kappa shape index (κ2) is 4.09. The van der Waals surface area contributed by atoms with Crippen molar-refractivity contribution in [2.45, 2.75) is 33.7 Å². The van der Waals surface area contributed by atoms with Gasteiger partial charge in [-0.2, -0.15) is 12.7 Å². The average Bonchev–Trinajstić information content (AvgIpc) is 2.81. The van der Waals surface area contributed by atoms with Crippen molar-refractivity contribution in [3.05, 3.63) is 0 Å². The van der Waals surface area contributed by atoms with Crippen LogP contribution in [0.2, 0.25) is 0 Å². The molecule has 1 unspecified atom stereocenters. The minimum absolute atomic E-state index is 0.0439. The van der Waals surface area contributed by atoms with Crippen LogP contribution in [0.5, 0.6) is 0 Å². The molecular weight excluding hydrogens is 216 g/mol. The van der Waals surface area contributed by atoms with E-state index >= 15 is 0 Å². The van der Waals surface area contributed by atoms with E-state index in [0.717, 1.165) is 0 Å². The van der Waals surface area contributed by atoms with Crippen molar-refractivity contribution in [3.8, 4) is 0 Å². The number of rotatable bonds is 4. The summed E-state index contributed by atoms with van der Waals surface area (Å²) in [5.41, 5.74) is 0. The number of nitrogens with one attached hydrogen (secondary N) is 1. The summed E-state index contributed by atoms with van der Waals surface area (Å²) in [5.74, 6) is -0.489. The standard InChI is InChI=1S/C9H18N2O3S/c1-6(2)8-5-11(8)15(13,14)10-9(12)7(3)4/h6-8H,5H2,1-4H3,(H,10,12)/t8-,11?/m1/s1. The summed E-state index contributed by atoms with van der Waals surface area (Å²) in [6, 6.07) is 0.0439. The maximum atomic E-state index is 11.6. The van der Waals surface area contributed by atoms with Crippen molar-refractivity contribution in [1.29, 1.82) is 0 Å². The average molecular weight is 234 g/mol. The van der Waals surface area contributed by atoms with Gasteiger partial charge in [-0.3, -0.25) is 4.79 Å². The molecule has 0 radical (unpaired) electrons. The molecule has 0 aromatic rings. The van der Waals surface area contributed by atoms with Crippen LogP contribution < -0.4 is 4.72 Å².